The summed E-state index contributed by atoms with van der Waals surface area (Å²) in [5.41, 5.74) is 0.971. The molecule has 0 aromatic carbocycles. The van der Waals surface area contributed by atoms with Crippen LogP contribution in [-0.4, -0.2) is 19.8 Å². The smallest absolute Gasteiger partial charge is 0.197 e. The van der Waals surface area contributed by atoms with E-state index < -0.39 is 0 Å². The molecule has 1 aromatic rings. The summed E-state index contributed by atoms with van der Waals surface area (Å²) in [6.07, 6.45) is 2.68. The van der Waals surface area contributed by atoms with Crippen LogP contribution in [0.3, 0.4) is 0 Å². The number of hydrogen-bond donors (Lipinski definition) is 1. The number of halogens is 1. The topological polar surface area (TPSA) is 34.4 Å². The van der Waals surface area contributed by atoms with Crippen molar-refractivity contribution in [1.29, 1.82) is 0 Å². The lowest BCUT2D eigenvalue weighted by molar-refractivity contribution is 0.123. The molecule has 1 rings (SSSR count). The zero-order chi connectivity index (χ0) is 11.1. The average molecular weight is 232 g/mol. The predicted octanol–water partition coefficient (Wildman–Crippen LogP) is 3.01. The minimum absolute atomic E-state index is 0.121. The molecular formula is C11H18ClNO2. The fourth-order valence-electron chi connectivity index (χ4n) is 1.37. The van der Waals surface area contributed by atoms with E-state index in [1.165, 1.54) is 0 Å². The van der Waals surface area contributed by atoms with E-state index in [0.29, 0.717) is 18.4 Å². The molecule has 1 aromatic heterocycles. The first-order valence-electron chi connectivity index (χ1n) is 5.33. The Labute approximate surface area is 95.7 Å². The van der Waals surface area contributed by atoms with Crippen molar-refractivity contribution in [2.24, 2.45) is 0 Å². The lowest BCUT2D eigenvalue weighted by atomic mass is 10.1. The summed E-state index contributed by atoms with van der Waals surface area (Å²) in [5.74, 6) is 0. The SMILES string of the molecule is CCCNC(COCC)c1ccoc1Cl. The summed E-state index contributed by atoms with van der Waals surface area (Å²) >= 11 is 5.93. The van der Waals surface area contributed by atoms with Crippen molar-refractivity contribution in [3.63, 3.8) is 0 Å². The predicted molar refractivity (Wildman–Crippen MR) is 61.2 cm³/mol. The van der Waals surface area contributed by atoms with Crippen LogP contribution in [0.25, 0.3) is 0 Å². The molecule has 15 heavy (non-hydrogen) atoms. The van der Waals surface area contributed by atoms with Crippen molar-refractivity contribution in [2.45, 2.75) is 26.3 Å². The standard InChI is InChI=1S/C11H18ClNO2/c1-3-6-13-10(8-14-4-2)9-5-7-15-11(9)12/h5,7,10,13H,3-4,6,8H2,1-2H3. The molecule has 0 bridgehead atoms. The number of rotatable bonds is 7. The summed E-state index contributed by atoms with van der Waals surface area (Å²) in [7, 11) is 0. The molecule has 0 amide bonds. The van der Waals surface area contributed by atoms with Crippen molar-refractivity contribution < 1.29 is 9.15 Å². The fraction of sp³-hybridized carbons (Fsp3) is 0.636. The molecule has 0 aliphatic carbocycles. The molecule has 1 unspecified atom stereocenters. The van der Waals surface area contributed by atoms with Gasteiger partial charge in [0.1, 0.15) is 0 Å². The molecular weight excluding hydrogens is 214 g/mol. The Kier molecular flexibility index (Phi) is 5.76. The maximum Gasteiger partial charge on any atom is 0.197 e. The van der Waals surface area contributed by atoms with Gasteiger partial charge in [0, 0.05) is 12.2 Å². The first-order valence-corrected chi connectivity index (χ1v) is 5.71. The molecule has 1 heterocycles. The Balaban J connectivity index is 2.58. The van der Waals surface area contributed by atoms with E-state index >= 15 is 0 Å². The van der Waals surface area contributed by atoms with E-state index in [2.05, 4.69) is 12.2 Å². The maximum absolute atomic E-state index is 5.93. The second-order valence-corrected chi connectivity index (χ2v) is 3.66. The van der Waals surface area contributed by atoms with Crippen LogP contribution in [0.4, 0.5) is 0 Å². The molecule has 1 atom stereocenters. The number of furan rings is 1. The van der Waals surface area contributed by atoms with Gasteiger partial charge in [0.25, 0.3) is 0 Å². The van der Waals surface area contributed by atoms with Crippen molar-refractivity contribution in [3.05, 3.63) is 23.1 Å². The Morgan fingerprint density at radius 3 is 2.87 bits per heavy atom. The van der Waals surface area contributed by atoms with Crippen LogP contribution in [0.2, 0.25) is 5.22 Å². The van der Waals surface area contributed by atoms with Crippen molar-refractivity contribution >= 4 is 11.6 Å². The van der Waals surface area contributed by atoms with Gasteiger partial charge >= 0.3 is 0 Å². The Morgan fingerprint density at radius 1 is 1.53 bits per heavy atom. The minimum atomic E-state index is 0.121. The van der Waals surface area contributed by atoms with Crippen molar-refractivity contribution in [1.82, 2.24) is 5.32 Å². The summed E-state index contributed by atoms with van der Waals surface area (Å²) in [6, 6.07) is 2.01. The van der Waals surface area contributed by atoms with Gasteiger partial charge in [-0.15, -0.1) is 0 Å². The number of hydrogen-bond acceptors (Lipinski definition) is 3. The molecule has 0 aliphatic heterocycles. The molecule has 1 N–H and O–H groups in total. The number of nitrogens with one attached hydrogen (secondary N) is 1. The van der Waals surface area contributed by atoms with Gasteiger partial charge in [-0.1, -0.05) is 6.92 Å². The third-order valence-corrected chi connectivity index (χ3v) is 2.46. The van der Waals surface area contributed by atoms with Crippen LogP contribution < -0.4 is 5.32 Å². The highest BCUT2D eigenvalue weighted by atomic mass is 35.5. The maximum atomic E-state index is 5.93. The van der Waals surface area contributed by atoms with E-state index in [0.717, 1.165) is 18.5 Å². The zero-order valence-corrected chi connectivity index (χ0v) is 10.0. The highest BCUT2D eigenvalue weighted by molar-refractivity contribution is 6.29. The molecule has 0 spiro atoms. The zero-order valence-electron chi connectivity index (χ0n) is 9.25. The van der Waals surface area contributed by atoms with Crippen LogP contribution in [0, 0.1) is 0 Å². The van der Waals surface area contributed by atoms with Crippen LogP contribution in [-0.2, 0) is 4.74 Å². The molecule has 0 radical (unpaired) electrons. The molecule has 0 fully saturated rings. The van der Waals surface area contributed by atoms with Gasteiger partial charge in [-0.3, -0.25) is 0 Å². The first kappa shape index (κ1) is 12.6. The quantitative estimate of drug-likeness (QED) is 0.784. The first-order chi connectivity index (χ1) is 7.29. The van der Waals surface area contributed by atoms with Crippen LogP contribution in [0.15, 0.2) is 16.7 Å². The summed E-state index contributed by atoms with van der Waals surface area (Å²) in [4.78, 5) is 0. The van der Waals surface area contributed by atoms with E-state index in [9.17, 15) is 0 Å². The second kappa shape index (κ2) is 6.88. The highest BCUT2D eigenvalue weighted by Crippen LogP contribution is 2.24. The van der Waals surface area contributed by atoms with Gasteiger partial charge in [0.2, 0.25) is 0 Å². The van der Waals surface area contributed by atoms with E-state index in [1.807, 2.05) is 13.0 Å². The molecule has 0 aliphatic rings. The summed E-state index contributed by atoms with van der Waals surface area (Å²) in [6.45, 7) is 6.38. The minimum Gasteiger partial charge on any atom is -0.453 e. The Bertz CT molecular complexity index is 267. The van der Waals surface area contributed by atoms with Gasteiger partial charge in [-0.2, -0.15) is 0 Å². The van der Waals surface area contributed by atoms with E-state index in [1.54, 1.807) is 6.26 Å². The van der Waals surface area contributed by atoms with Gasteiger partial charge < -0.3 is 14.5 Å². The lowest BCUT2D eigenvalue weighted by Crippen LogP contribution is -2.26. The van der Waals surface area contributed by atoms with Gasteiger partial charge in [0.05, 0.1) is 18.9 Å². The van der Waals surface area contributed by atoms with Crippen LogP contribution in [0.1, 0.15) is 31.9 Å². The summed E-state index contributed by atoms with van der Waals surface area (Å²) < 4.78 is 10.5. The third kappa shape index (κ3) is 3.86. The normalized spacial score (nSPS) is 13.0. The van der Waals surface area contributed by atoms with Gasteiger partial charge in [0.15, 0.2) is 5.22 Å². The van der Waals surface area contributed by atoms with Gasteiger partial charge in [-0.25, -0.2) is 0 Å². The van der Waals surface area contributed by atoms with Crippen molar-refractivity contribution in [2.75, 3.05) is 19.8 Å². The Hall–Kier alpha value is -0.510. The molecule has 0 saturated heterocycles. The molecule has 4 heteroatoms. The van der Waals surface area contributed by atoms with E-state index in [-0.39, 0.29) is 6.04 Å². The largest absolute Gasteiger partial charge is 0.453 e. The monoisotopic (exact) mass is 231 g/mol. The van der Waals surface area contributed by atoms with Crippen molar-refractivity contribution in [3.8, 4) is 0 Å². The molecule has 0 saturated carbocycles. The number of ether oxygens (including phenoxy) is 1. The second-order valence-electron chi connectivity index (χ2n) is 3.32. The lowest BCUT2D eigenvalue weighted by Gasteiger charge is -2.17. The third-order valence-electron chi connectivity index (χ3n) is 2.15. The highest BCUT2D eigenvalue weighted by Gasteiger charge is 2.16. The average Bonchev–Trinajstić information content (AvgIpc) is 2.65. The Morgan fingerprint density at radius 2 is 2.33 bits per heavy atom. The fourth-order valence-corrected chi connectivity index (χ4v) is 1.61. The van der Waals surface area contributed by atoms with E-state index in [4.69, 9.17) is 20.8 Å². The van der Waals surface area contributed by atoms with Crippen LogP contribution in [0.5, 0.6) is 0 Å². The van der Waals surface area contributed by atoms with Gasteiger partial charge in [-0.05, 0) is 37.6 Å². The molecule has 3 nitrogen and oxygen atoms in total. The van der Waals surface area contributed by atoms with Crippen LogP contribution >= 0.6 is 11.6 Å². The summed E-state index contributed by atoms with van der Waals surface area (Å²) in [5, 5.41) is 3.83. The molecule has 86 valence electrons.